The molecule has 0 fully saturated rings. The lowest BCUT2D eigenvalue weighted by Gasteiger charge is -2.13. The number of thiocarbonyl (C=S) groups is 1. The molecule has 2 aromatic rings. The molecular formula is C18H20ClN3O3S. The van der Waals surface area contributed by atoms with E-state index >= 15 is 0 Å². The molecule has 0 saturated carbocycles. The van der Waals surface area contributed by atoms with Crippen LogP contribution in [0.1, 0.15) is 5.56 Å². The minimum absolute atomic E-state index is 0.330. The van der Waals surface area contributed by atoms with Gasteiger partial charge < -0.3 is 19.5 Å². The fraction of sp³-hybridized carbons (Fsp3) is 0.222. The highest BCUT2D eigenvalue weighted by Gasteiger charge is 2.11. The Hall–Kier alpha value is -2.51. The lowest BCUT2D eigenvalue weighted by molar-refractivity contribution is 0.211. The summed E-state index contributed by atoms with van der Waals surface area (Å²) < 4.78 is 16.7. The lowest BCUT2D eigenvalue weighted by Crippen LogP contribution is -2.28. The van der Waals surface area contributed by atoms with E-state index in [1.54, 1.807) is 32.5 Å². The SMILES string of the molecule is CNC(=S)N/N=C/c1cc(Cl)c(OCCOc2ccccc2)c(OC)c1. The normalized spacial score (nSPS) is 10.4. The van der Waals surface area contributed by atoms with E-state index < -0.39 is 0 Å². The third-order valence-corrected chi connectivity index (χ3v) is 3.78. The summed E-state index contributed by atoms with van der Waals surface area (Å²) in [6.07, 6.45) is 1.58. The van der Waals surface area contributed by atoms with E-state index in [0.29, 0.717) is 34.8 Å². The number of methoxy groups -OCH3 is 1. The highest BCUT2D eigenvalue weighted by Crippen LogP contribution is 2.36. The van der Waals surface area contributed by atoms with E-state index in [4.69, 9.17) is 38.0 Å². The van der Waals surface area contributed by atoms with Crippen molar-refractivity contribution in [1.29, 1.82) is 0 Å². The zero-order valence-electron chi connectivity index (χ0n) is 14.5. The molecule has 0 spiro atoms. The molecule has 0 bridgehead atoms. The van der Waals surface area contributed by atoms with E-state index in [1.807, 2.05) is 30.3 Å². The quantitative estimate of drug-likeness (QED) is 0.311. The van der Waals surface area contributed by atoms with Gasteiger partial charge in [-0.1, -0.05) is 29.8 Å². The summed E-state index contributed by atoms with van der Waals surface area (Å²) in [7, 11) is 3.26. The van der Waals surface area contributed by atoms with Gasteiger partial charge in [0.25, 0.3) is 0 Å². The van der Waals surface area contributed by atoms with Gasteiger partial charge in [-0.3, -0.25) is 5.43 Å². The van der Waals surface area contributed by atoms with Crippen molar-refractivity contribution in [2.24, 2.45) is 5.10 Å². The van der Waals surface area contributed by atoms with Crippen molar-refractivity contribution in [3.63, 3.8) is 0 Å². The van der Waals surface area contributed by atoms with Crippen LogP contribution in [-0.4, -0.2) is 38.7 Å². The van der Waals surface area contributed by atoms with Crippen molar-refractivity contribution in [3.8, 4) is 17.2 Å². The molecule has 0 saturated heterocycles. The molecule has 26 heavy (non-hydrogen) atoms. The van der Waals surface area contributed by atoms with Crippen molar-refractivity contribution in [1.82, 2.24) is 10.7 Å². The second-order valence-corrected chi connectivity index (χ2v) is 5.81. The van der Waals surface area contributed by atoms with Gasteiger partial charge in [0, 0.05) is 7.05 Å². The molecule has 8 heteroatoms. The smallest absolute Gasteiger partial charge is 0.186 e. The topological polar surface area (TPSA) is 64.1 Å². The zero-order valence-corrected chi connectivity index (χ0v) is 16.1. The third-order valence-electron chi connectivity index (χ3n) is 3.20. The van der Waals surface area contributed by atoms with Gasteiger partial charge in [0.1, 0.15) is 19.0 Å². The van der Waals surface area contributed by atoms with Crippen molar-refractivity contribution in [2.75, 3.05) is 27.4 Å². The summed E-state index contributed by atoms with van der Waals surface area (Å²) >= 11 is 11.3. The minimum atomic E-state index is 0.330. The molecule has 2 rings (SSSR count). The molecule has 0 heterocycles. The van der Waals surface area contributed by atoms with Crippen molar-refractivity contribution < 1.29 is 14.2 Å². The fourth-order valence-corrected chi connectivity index (χ4v) is 2.32. The molecular weight excluding hydrogens is 374 g/mol. The number of ether oxygens (including phenoxy) is 3. The van der Waals surface area contributed by atoms with E-state index in [2.05, 4.69) is 15.8 Å². The largest absolute Gasteiger partial charge is 0.493 e. The molecule has 6 nitrogen and oxygen atoms in total. The molecule has 0 aliphatic heterocycles. The standard InChI is InChI=1S/C18H20ClN3O3S/c1-20-18(26)22-21-12-13-10-15(19)17(16(11-13)23-2)25-9-8-24-14-6-4-3-5-7-14/h3-7,10-12H,8-9H2,1-2H3,(H2,20,22,26)/b21-12+. The second-order valence-electron chi connectivity index (χ2n) is 4.99. The maximum Gasteiger partial charge on any atom is 0.186 e. The van der Waals surface area contributed by atoms with E-state index in [-0.39, 0.29) is 0 Å². The highest BCUT2D eigenvalue weighted by atomic mass is 35.5. The number of hydrazone groups is 1. The van der Waals surface area contributed by atoms with Crippen LogP contribution in [0, 0.1) is 0 Å². The summed E-state index contributed by atoms with van der Waals surface area (Å²) in [5.74, 6) is 1.75. The van der Waals surface area contributed by atoms with E-state index in [0.717, 1.165) is 11.3 Å². The number of para-hydroxylation sites is 1. The van der Waals surface area contributed by atoms with Gasteiger partial charge in [-0.25, -0.2) is 0 Å². The van der Waals surface area contributed by atoms with Gasteiger partial charge in [0.15, 0.2) is 16.6 Å². The first-order valence-corrected chi connectivity index (χ1v) is 8.61. The third kappa shape index (κ3) is 6.09. The van der Waals surface area contributed by atoms with Crippen molar-refractivity contribution in [2.45, 2.75) is 0 Å². The number of benzene rings is 2. The fourth-order valence-electron chi connectivity index (χ4n) is 2.00. The summed E-state index contributed by atoms with van der Waals surface area (Å²) in [6, 6.07) is 13.0. The molecule has 0 atom stereocenters. The van der Waals surface area contributed by atoms with Crippen molar-refractivity contribution >= 4 is 35.1 Å². The van der Waals surface area contributed by atoms with E-state index in [1.165, 1.54) is 0 Å². The Bertz CT molecular complexity index is 757. The molecule has 0 radical (unpaired) electrons. The van der Waals surface area contributed by atoms with Crippen LogP contribution in [0.4, 0.5) is 0 Å². The summed E-state index contributed by atoms with van der Waals surface area (Å²) in [6.45, 7) is 0.717. The van der Waals surface area contributed by atoms with Gasteiger partial charge in [0.05, 0.1) is 18.3 Å². The predicted octanol–water partition coefficient (Wildman–Crippen LogP) is 3.23. The Morgan fingerprint density at radius 1 is 1.19 bits per heavy atom. The number of halogens is 1. The molecule has 0 aromatic heterocycles. The summed E-state index contributed by atoms with van der Waals surface area (Å²) in [5, 5.41) is 7.61. The van der Waals surface area contributed by atoms with Gasteiger partial charge in [-0.15, -0.1) is 0 Å². The molecule has 0 unspecified atom stereocenters. The molecule has 2 aromatic carbocycles. The molecule has 0 amide bonds. The Balaban J connectivity index is 1.96. The molecule has 2 N–H and O–H groups in total. The van der Waals surface area contributed by atoms with Crippen LogP contribution in [0.15, 0.2) is 47.6 Å². The Morgan fingerprint density at radius 3 is 2.62 bits per heavy atom. The first-order valence-electron chi connectivity index (χ1n) is 7.83. The number of nitrogens with zero attached hydrogens (tertiary/aromatic N) is 1. The number of nitrogens with one attached hydrogen (secondary N) is 2. The minimum Gasteiger partial charge on any atom is -0.493 e. The summed E-state index contributed by atoms with van der Waals surface area (Å²) in [4.78, 5) is 0. The van der Waals surface area contributed by atoms with Crippen LogP contribution in [0.25, 0.3) is 0 Å². The van der Waals surface area contributed by atoms with Gasteiger partial charge in [0.2, 0.25) is 0 Å². The van der Waals surface area contributed by atoms with Crippen LogP contribution in [-0.2, 0) is 0 Å². The average Bonchev–Trinajstić information content (AvgIpc) is 2.66. The Labute approximate surface area is 163 Å². The highest BCUT2D eigenvalue weighted by molar-refractivity contribution is 7.80. The van der Waals surface area contributed by atoms with E-state index in [9.17, 15) is 0 Å². The first-order chi connectivity index (χ1) is 12.6. The molecule has 0 aliphatic carbocycles. The van der Waals surface area contributed by atoms with Crippen LogP contribution in [0.3, 0.4) is 0 Å². The van der Waals surface area contributed by atoms with Gasteiger partial charge >= 0.3 is 0 Å². The molecule has 0 aliphatic rings. The Morgan fingerprint density at radius 2 is 1.92 bits per heavy atom. The van der Waals surface area contributed by atoms with Crippen LogP contribution in [0.2, 0.25) is 5.02 Å². The number of hydrogen-bond acceptors (Lipinski definition) is 5. The number of hydrogen-bond donors (Lipinski definition) is 2. The predicted molar refractivity (Wildman–Crippen MR) is 108 cm³/mol. The van der Waals surface area contributed by atoms with Gasteiger partial charge in [-0.2, -0.15) is 5.10 Å². The molecule has 138 valence electrons. The van der Waals surface area contributed by atoms with Crippen LogP contribution in [0.5, 0.6) is 17.2 Å². The average molecular weight is 394 g/mol. The zero-order chi connectivity index (χ0) is 18.8. The number of rotatable bonds is 8. The lowest BCUT2D eigenvalue weighted by atomic mass is 10.2. The maximum atomic E-state index is 6.31. The van der Waals surface area contributed by atoms with Crippen LogP contribution < -0.4 is 25.0 Å². The van der Waals surface area contributed by atoms with Gasteiger partial charge in [-0.05, 0) is 42.0 Å². The first kappa shape index (κ1) is 19.8. The maximum absolute atomic E-state index is 6.31. The summed E-state index contributed by atoms with van der Waals surface area (Å²) in [5.41, 5.74) is 3.41. The van der Waals surface area contributed by atoms with Crippen molar-refractivity contribution in [3.05, 3.63) is 53.1 Å². The second kappa shape index (κ2) is 10.5. The monoisotopic (exact) mass is 393 g/mol. The van der Waals surface area contributed by atoms with Crippen LogP contribution >= 0.6 is 23.8 Å². The Kier molecular flexibility index (Phi) is 7.98.